The van der Waals surface area contributed by atoms with Gasteiger partial charge in [0.2, 0.25) is 0 Å². The molecule has 1 aliphatic heterocycles. The monoisotopic (exact) mass is 352 g/mol. The number of aldehydes is 1. The Morgan fingerprint density at radius 3 is 2.27 bits per heavy atom. The number of alkyl halides is 3. The number of carbonyl (C=O) groups is 1. The molecule has 1 atom stereocenters. The van der Waals surface area contributed by atoms with Gasteiger partial charge < -0.3 is 4.79 Å². The number of hydrogen-bond donors (Lipinski definition) is 0. The van der Waals surface area contributed by atoms with Gasteiger partial charge in [0.1, 0.15) is 12.3 Å². The Morgan fingerprint density at radius 2 is 1.86 bits per heavy atom. The first-order valence-electron chi connectivity index (χ1n) is 6.53. The summed E-state index contributed by atoms with van der Waals surface area (Å²) >= 11 is 11.9. The molecule has 3 nitrogen and oxygen atoms in total. The summed E-state index contributed by atoms with van der Waals surface area (Å²) in [5, 5.41) is 5.20. The van der Waals surface area contributed by atoms with E-state index in [9.17, 15) is 18.0 Å². The predicted octanol–water partition coefficient (Wildman–Crippen LogP) is 4.80. The second-order valence-electron chi connectivity index (χ2n) is 5.28. The summed E-state index contributed by atoms with van der Waals surface area (Å²) in [4.78, 5) is 11.2. The van der Waals surface area contributed by atoms with Crippen molar-refractivity contribution in [2.24, 2.45) is 11.0 Å². The van der Waals surface area contributed by atoms with Crippen molar-refractivity contribution in [3.05, 3.63) is 27.7 Å². The molecule has 1 aliphatic rings. The summed E-state index contributed by atoms with van der Waals surface area (Å²) in [6.45, 7) is 3.83. The van der Waals surface area contributed by atoms with Gasteiger partial charge in [0, 0.05) is 12.1 Å². The van der Waals surface area contributed by atoms with Crippen LogP contribution in [-0.2, 0) is 11.0 Å². The molecule has 0 aliphatic carbocycles. The van der Waals surface area contributed by atoms with Crippen molar-refractivity contribution in [2.75, 3.05) is 5.01 Å². The summed E-state index contributed by atoms with van der Waals surface area (Å²) in [7, 11) is 0. The third-order valence-corrected chi connectivity index (χ3v) is 3.94. The summed E-state index contributed by atoms with van der Waals surface area (Å²) in [5.74, 6) is 0.111. The normalized spacial score (nSPS) is 18.8. The van der Waals surface area contributed by atoms with Gasteiger partial charge in [-0.3, -0.25) is 5.01 Å². The molecule has 0 spiro atoms. The number of hydrogen-bond acceptors (Lipinski definition) is 3. The molecule has 1 aromatic carbocycles. The summed E-state index contributed by atoms with van der Waals surface area (Å²) in [6, 6.07) is 0.949. The second kappa shape index (κ2) is 6.08. The van der Waals surface area contributed by atoms with Gasteiger partial charge in [-0.15, -0.1) is 0 Å². The van der Waals surface area contributed by atoms with Crippen molar-refractivity contribution in [3.8, 4) is 0 Å². The van der Waals surface area contributed by atoms with Crippen LogP contribution in [0.4, 0.5) is 18.9 Å². The molecule has 1 heterocycles. The molecule has 0 aromatic heterocycles. The first-order chi connectivity index (χ1) is 10.1. The zero-order valence-corrected chi connectivity index (χ0v) is 13.3. The highest BCUT2D eigenvalue weighted by Crippen LogP contribution is 2.42. The average molecular weight is 353 g/mol. The Labute approximate surface area is 135 Å². The molecule has 1 unspecified atom stereocenters. The maximum Gasteiger partial charge on any atom is 0.416 e. The third-order valence-electron chi connectivity index (χ3n) is 3.37. The lowest BCUT2D eigenvalue weighted by molar-refractivity contribution is -0.137. The van der Waals surface area contributed by atoms with Crippen LogP contribution in [0.15, 0.2) is 17.2 Å². The number of benzene rings is 1. The lowest BCUT2D eigenvalue weighted by atomic mass is 10.0. The van der Waals surface area contributed by atoms with E-state index in [1.54, 1.807) is 0 Å². The Bertz CT molecular complexity index is 606. The maximum absolute atomic E-state index is 12.8. The lowest BCUT2D eigenvalue weighted by Crippen LogP contribution is -2.28. The number of halogens is 5. The Balaban J connectivity index is 2.50. The number of carbonyl (C=O) groups excluding carboxylic acids is 1. The number of hydrazone groups is 1. The van der Waals surface area contributed by atoms with Crippen LogP contribution < -0.4 is 5.01 Å². The van der Waals surface area contributed by atoms with Crippen molar-refractivity contribution in [3.63, 3.8) is 0 Å². The molecule has 2 rings (SSSR count). The maximum atomic E-state index is 12.8. The fourth-order valence-corrected chi connectivity index (χ4v) is 2.84. The minimum Gasteiger partial charge on any atom is -0.301 e. The van der Waals surface area contributed by atoms with Crippen LogP contribution in [0.5, 0.6) is 0 Å². The number of anilines is 1. The van der Waals surface area contributed by atoms with Gasteiger partial charge in [-0.1, -0.05) is 37.0 Å². The van der Waals surface area contributed by atoms with E-state index in [-0.39, 0.29) is 21.7 Å². The highest BCUT2D eigenvalue weighted by molar-refractivity contribution is 6.39. The van der Waals surface area contributed by atoms with Gasteiger partial charge in [0.05, 0.1) is 21.3 Å². The van der Waals surface area contributed by atoms with E-state index < -0.39 is 17.8 Å². The van der Waals surface area contributed by atoms with Gasteiger partial charge >= 0.3 is 6.18 Å². The third kappa shape index (κ3) is 3.22. The van der Waals surface area contributed by atoms with Crippen LogP contribution in [-0.4, -0.2) is 18.0 Å². The molecule has 0 bridgehead atoms. The molecule has 1 aromatic rings. The summed E-state index contributed by atoms with van der Waals surface area (Å²) in [6.07, 6.45) is -3.47. The standard InChI is InChI=1S/C14H13Cl2F3N2O/c1-7(2)12-5-9(6-22)21(20-12)13-10(15)3-8(4-11(13)16)14(17,18)19/h3-4,6-7,9H,5H2,1-2H3. The topological polar surface area (TPSA) is 32.7 Å². The smallest absolute Gasteiger partial charge is 0.301 e. The molecular weight excluding hydrogens is 340 g/mol. The molecule has 22 heavy (non-hydrogen) atoms. The molecule has 0 radical (unpaired) electrons. The van der Waals surface area contributed by atoms with E-state index in [1.807, 2.05) is 13.8 Å². The predicted molar refractivity (Wildman–Crippen MR) is 80.7 cm³/mol. The first kappa shape index (κ1) is 17.1. The van der Waals surface area contributed by atoms with Crippen LogP contribution >= 0.6 is 23.2 Å². The van der Waals surface area contributed by atoms with E-state index in [4.69, 9.17) is 23.2 Å². The fraction of sp³-hybridized carbons (Fsp3) is 0.429. The molecule has 0 N–H and O–H groups in total. The SMILES string of the molecule is CC(C)C1=NN(c2c(Cl)cc(C(F)(F)F)cc2Cl)C(C=O)C1. The highest BCUT2D eigenvalue weighted by atomic mass is 35.5. The zero-order chi connectivity index (χ0) is 16.7. The fourth-order valence-electron chi connectivity index (χ4n) is 2.17. The Morgan fingerprint density at radius 1 is 1.32 bits per heavy atom. The Kier molecular flexibility index (Phi) is 4.73. The first-order valence-corrected chi connectivity index (χ1v) is 7.29. The van der Waals surface area contributed by atoms with Gasteiger partial charge in [-0.25, -0.2) is 0 Å². The Hall–Kier alpha value is -1.27. The molecule has 0 fully saturated rings. The minimum absolute atomic E-state index is 0.111. The zero-order valence-electron chi connectivity index (χ0n) is 11.8. The molecular formula is C14H13Cl2F3N2O. The van der Waals surface area contributed by atoms with Crippen molar-refractivity contribution in [1.82, 2.24) is 0 Å². The largest absolute Gasteiger partial charge is 0.416 e. The number of nitrogens with zero attached hydrogens (tertiary/aromatic N) is 2. The van der Waals surface area contributed by atoms with Gasteiger partial charge in [-0.2, -0.15) is 18.3 Å². The van der Waals surface area contributed by atoms with Crippen LogP contribution in [0.3, 0.4) is 0 Å². The van der Waals surface area contributed by atoms with E-state index in [2.05, 4.69) is 5.10 Å². The van der Waals surface area contributed by atoms with E-state index in [0.29, 0.717) is 12.7 Å². The number of rotatable bonds is 3. The second-order valence-corrected chi connectivity index (χ2v) is 6.10. The highest BCUT2D eigenvalue weighted by Gasteiger charge is 2.35. The van der Waals surface area contributed by atoms with E-state index in [1.165, 1.54) is 5.01 Å². The van der Waals surface area contributed by atoms with Crippen LogP contribution in [0.25, 0.3) is 0 Å². The van der Waals surface area contributed by atoms with Crippen molar-refractivity contribution in [2.45, 2.75) is 32.5 Å². The summed E-state index contributed by atoms with van der Waals surface area (Å²) < 4.78 is 38.3. The molecule has 0 amide bonds. The minimum atomic E-state index is -4.55. The van der Waals surface area contributed by atoms with Crippen molar-refractivity contribution in [1.29, 1.82) is 0 Å². The van der Waals surface area contributed by atoms with Gasteiger partial charge in [0.25, 0.3) is 0 Å². The van der Waals surface area contributed by atoms with Gasteiger partial charge in [-0.05, 0) is 18.1 Å². The van der Waals surface area contributed by atoms with Crippen LogP contribution in [0, 0.1) is 5.92 Å². The average Bonchev–Trinajstić information content (AvgIpc) is 2.81. The quantitative estimate of drug-likeness (QED) is 0.731. The summed E-state index contributed by atoms with van der Waals surface area (Å²) in [5.41, 5.74) is -0.0608. The lowest BCUT2D eigenvalue weighted by Gasteiger charge is -2.22. The van der Waals surface area contributed by atoms with E-state index >= 15 is 0 Å². The van der Waals surface area contributed by atoms with Crippen molar-refractivity contribution >= 4 is 40.9 Å². The van der Waals surface area contributed by atoms with Crippen LogP contribution in [0.1, 0.15) is 25.8 Å². The molecule has 0 saturated heterocycles. The van der Waals surface area contributed by atoms with Crippen molar-refractivity contribution < 1.29 is 18.0 Å². The van der Waals surface area contributed by atoms with E-state index in [0.717, 1.165) is 17.8 Å². The molecule has 120 valence electrons. The van der Waals surface area contributed by atoms with Gasteiger partial charge in [0.15, 0.2) is 0 Å². The van der Waals surface area contributed by atoms with Crippen LogP contribution in [0.2, 0.25) is 10.0 Å². The molecule has 8 heteroatoms. The molecule has 0 saturated carbocycles.